The highest BCUT2D eigenvalue weighted by Crippen LogP contribution is 2.29. The summed E-state index contributed by atoms with van der Waals surface area (Å²) in [4.78, 5) is 21.8. The van der Waals surface area contributed by atoms with Crippen LogP contribution >= 0.6 is 0 Å². The highest BCUT2D eigenvalue weighted by atomic mass is 16.5. The first-order valence-corrected chi connectivity index (χ1v) is 12.5. The minimum atomic E-state index is -0.377. The maximum Gasteiger partial charge on any atom is 0.251 e. The third-order valence-corrected chi connectivity index (χ3v) is 6.71. The lowest BCUT2D eigenvalue weighted by molar-refractivity contribution is 0.0934. The van der Waals surface area contributed by atoms with E-state index in [1.807, 2.05) is 42.6 Å². The number of unbranched alkanes of at least 4 members (excludes halogenated alkanes) is 1. The maximum atomic E-state index is 13.4. The Morgan fingerprint density at radius 3 is 2.73 bits per heavy atom. The molecule has 2 aromatic heterocycles. The second-order valence-electron chi connectivity index (χ2n) is 9.11. The van der Waals surface area contributed by atoms with E-state index in [1.165, 1.54) is 0 Å². The number of nitrogens with zero attached hydrogens (tertiary/aromatic N) is 3. The number of fused-ring (bicyclic) bond motifs is 2. The first kappa shape index (κ1) is 24.1. The summed E-state index contributed by atoms with van der Waals surface area (Å²) in [6, 6.07) is 22.4. The Bertz CT molecular complexity index is 1590. The minimum absolute atomic E-state index is 0.207. The Balaban J connectivity index is 1.59. The van der Waals surface area contributed by atoms with Crippen molar-refractivity contribution in [2.75, 3.05) is 7.11 Å². The van der Waals surface area contributed by atoms with Crippen molar-refractivity contribution in [1.29, 1.82) is 5.26 Å². The number of methoxy groups -OCH3 is 1. The van der Waals surface area contributed by atoms with E-state index in [0.717, 1.165) is 58.5 Å². The number of rotatable bonds is 9. The van der Waals surface area contributed by atoms with Crippen LogP contribution in [-0.2, 0) is 13.0 Å². The van der Waals surface area contributed by atoms with Crippen molar-refractivity contribution in [3.8, 4) is 11.8 Å². The molecule has 5 rings (SSSR count). The van der Waals surface area contributed by atoms with Gasteiger partial charge in [-0.1, -0.05) is 31.5 Å². The monoisotopic (exact) mass is 491 g/mol. The number of nitriles is 1. The molecule has 0 aliphatic carbocycles. The Morgan fingerprint density at radius 1 is 1.16 bits per heavy atom. The number of aryl methyl sites for hydroxylation is 1. The first-order chi connectivity index (χ1) is 18.1. The largest absolute Gasteiger partial charge is 0.497 e. The smallest absolute Gasteiger partial charge is 0.251 e. The highest BCUT2D eigenvalue weighted by Gasteiger charge is 2.24. The van der Waals surface area contributed by atoms with Crippen molar-refractivity contribution in [3.05, 3.63) is 95.4 Å². The van der Waals surface area contributed by atoms with Gasteiger partial charge in [-0.3, -0.25) is 4.79 Å². The molecule has 2 heterocycles. The van der Waals surface area contributed by atoms with Crippen molar-refractivity contribution in [1.82, 2.24) is 19.9 Å². The Hall–Kier alpha value is -4.57. The summed E-state index contributed by atoms with van der Waals surface area (Å²) >= 11 is 0. The van der Waals surface area contributed by atoms with Gasteiger partial charge in [0, 0.05) is 41.7 Å². The fourth-order valence-electron chi connectivity index (χ4n) is 4.73. The Morgan fingerprint density at radius 2 is 1.97 bits per heavy atom. The molecule has 0 saturated carbocycles. The van der Waals surface area contributed by atoms with Crippen LogP contribution in [-0.4, -0.2) is 27.6 Å². The van der Waals surface area contributed by atoms with Crippen LogP contribution in [0.5, 0.6) is 5.75 Å². The number of imidazole rings is 1. The topological polar surface area (TPSA) is 95.7 Å². The van der Waals surface area contributed by atoms with Gasteiger partial charge in [0.25, 0.3) is 5.91 Å². The van der Waals surface area contributed by atoms with Crippen LogP contribution in [0, 0.1) is 11.3 Å². The lowest BCUT2D eigenvalue weighted by Crippen LogP contribution is -2.32. The molecule has 0 spiro atoms. The molecular weight excluding hydrogens is 462 g/mol. The van der Waals surface area contributed by atoms with E-state index in [2.05, 4.69) is 33.9 Å². The number of carbonyl (C=O) groups is 1. The molecule has 0 aliphatic heterocycles. The fraction of sp³-hybridized carbons (Fsp3) is 0.233. The third-order valence-electron chi connectivity index (χ3n) is 6.71. The molecule has 2 N–H and O–H groups in total. The van der Waals surface area contributed by atoms with E-state index in [-0.39, 0.29) is 11.9 Å². The molecule has 5 aromatic rings. The number of amides is 1. The average molecular weight is 492 g/mol. The zero-order valence-corrected chi connectivity index (χ0v) is 21.0. The molecule has 0 fully saturated rings. The van der Waals surface area contributed by atoms with Crippen LogP contribution in [0.25, 0.3) is 21.9 Å². The van der Waals surface area contributed by atoms with Gasteiger partial charge in [-0.25, -0.2) is 4.98 Å². The second kappa shape index (κ2) is 10.6. The van der Waals surface area contributed by atoms with Gasteiger partial charge >= 0.3 is 0 Å². The molecule has 37 heavy (non-hydrogen) atoms. The maximum absolute atomic E-state index is 13.4. The quantitative estimate of drug-likeness (QED) is 0.268. The molecule has 1 amide bonds. The molecule has 0 radical (unpaired) electrons. The number of ether oxygens (including phenoxy) is 1. The van der Waals surface area contributed by atoms with Crippen molar-refractivity contribution >= 4 is 27.8 Å². The van der Waals surface area contributed by atoms with Gasteiger partial charge in [-0.2, -0.15) is 5.26 Å². The summed E-state index contributed by atoms with van der Waals surface area (Å²) in [5, 5.41) is 13.5. The summed E-state index contributed by atoms with van der Waals surface area (Å²) in [5.41, 5.74) is 5.03. The van der Waals surface area contributed by atoms with Gasteiger partial charge in [0.05, 0.1) is 35.8 Å². The van der Waals surface area contributed by atoms with Crippen LogP contribution in [0.1, 0.15) is 53.1 Å². The van der Waals surface area contributed by atoms with Crippen molar-refractivity contribution in [2.24, 2.45) is 0 Å². The lowest BCUT2D eigenvalue weighted by Gasteiger charge is -2.20. The van der Waals surface area contributed by atoms with E-state index in [1.54, 1.807) is 31.4 Å². The van der Waals surface area contributed by atoms with Gasteiger partial charge in [0.15, 0.2) is 0 Å². The van der Waals surface area contributed by atoms with Gasteiger partial charge in [0.2, 0.25) is 0 Å². The van der Waals surface area contributed by atoms with E-state index in [9.17, 15) is 4.79 Å². The van der Waals surface area contributed by atoms with Crippen LogP contribution in [0.4, 0.5) is 0 Å². The summed E-state index contributed by atoms with van der Waals surface area (Å²) in [5.74, 6) is 1.37. The molecular formula is C30H29N5O2. The first-order valence-electron chi connectivity index (χ1n) is 12.5. The zero-order valence-electron chi connectivity index (χ0n) is 21.0. The molecule has 1 atom stereocenters. The SMILES string of the molecule is CCCCn1c(C(Cc2c[nH]c3ccccc23)NC(=O)c2ccc(C#N)cc2)nc2ccc(OC)cc21. The van der Waals surface area contributed by atoms with Crippen LogP contribution in [0.2, 0.25) is 0 Å². The van der Waals surface area contributed by atoms with E-state index in [4.69, 9.17) is 15.0 Å². The molecule has 7 nitrogen and oxygen atoms in total. The highest BCUT2D eigenvalue weighted by molar-refractivity contribution is 5.94. The minimum Gasteiger partial charge on any atom is -0.497 e. The number of aromatic nitrogens is 3. The summed E-state index contributed by atoms with van der Waals surface area (Å²) in [6.07, 6.45) is 4.60. The van der Waals surface area contributed by atoms with Gasteiger partial charge in [-0.05, 0) is 54.4 Å². The van der Waals surface area contributed by atoms with Crippen LogP contribution < -0.4 is 10.1 Å². The molecule has 7 heteroatoms. The summed E-state index contributed by atoms with van der Waals surface area (Å²) < 4.78 is 7.70. The van der Waals surface area contributed by atoms with E-state index in [0.29, 0.717) is 17.5 Å². The lowest BCUT2D eigenvalue weighted by atomic mass is 10.0. The van der Waals surface area contributed by atoms with Crippen LogP contribution in [0.15, 0.2) is 72.9 Å². The van der Waals surface area contributed by atoms with Crippen molar-refractivity contribution in [2.45, 2.75) is 38.8 Å². The van der Waals surface area contributed by atoms with Crippen molar-refractivity contribution < 1.29 is 9.53 Å². The number of hydrogen-bond acceptors (Lipinski definition) is 4. The van der Waals surface area contributed by atoms with Crippen LogP contribution in [0.3, 0.4) is 0 Å². The van der Waals surface area contributed by atoms with E-state index < -0.39 is 0 Å². The normalized spacial score (nSPS) is 11.9. The third kappa shape index (κ3) is 4.91. The standard InChI is InChI=1S/C30H29N5O2/c1-3-4-15-35-28-17-23(37-2)13-14-26(28)33-29(35)27(16-22-19-32-25-8-6-5-7-24(22)25)34-30(36)21-11-9-20(18-31)10-12-21/h5-14,17,19,27,32H,3-4,15-16H2,1-2H3,(H,34,36). The predicted molar refractivity (Wildman–Crippen MR) is 145 cm³/mol. The van der Waals surface area contributed by atoms with Gasteiger partial charge in [-0.15, -0.1) is 0 Å². The molecule has 3 aromatic carbocycles. The van der Waals surface area contributed by atoms with Gasteiger partial charge in [0.1, 0.15) is 11.6 Å². The predicted octanol–water partition coefficient (Wildman–Crippen LogP) is 5.91. The molecule has 0 aliphatic rings. The number of carbonyl (C=O) groups excluding carboxylic acids is 1. The number of nitrogens with one attached hydrogen (secondary N) is 2. The van der Waals surface area contributed by atoms with E-state index >= 15 is 0 Å². The molecule has 186 valence electrons. The molecule has 0 saturated heterocycles. The molecule has 0 bridgehead atoms. The van der Waals surface area contributed by atoms with Crippen molar-refractivity contribution in [3.63, 3.8) is 0 Å². The Labute approximate surface area is 215 Å². The number of para-hydroxylation sites is 1. The summed E-state index contributed by atoms with van der Waals surface area (Å²) in [6.45, 7) is 2.95. The summed E-state index contributed by atoms with van der Waals surface area (Å²) in [7, 11) is 1.66. The number of hydrogen-bond donors (Lipinski definition) is 2. The second-order valence-corrected chi connectivity index (χ2v) is 9.11. The number of aromatic amines is 1. The fourth-order valence-corrected chi connectivity index (χ4v) is 4.73. The average Bonchev–Trinajstić information content (AvgIpc) is 3.52. The molecule has 1 unspecified atom stereocenters. The number of H-pyrrole nitrogens is 1. The Kier molecular flexibility index (Phi) is 6.91. The number of benzene rings is 3. The van der Waals surface area contributed by atoms with Gasteiger partial charge < -0.3 is 19.6 Å². The zero-order chi connectivity index (χ0) is 25.8.